The number of nitrogens with one attached hydrogen (secondary N) is 1. The van der Waals surface area contributed by atoms with Gasteiger partial charge >= 0.3 is 0 Å². The summed E-state index contributed by atoms with van der Waals surface area (Å²) < 4.78 is 1.89. The number of fused-ring (bicyclic) bond motifs is 1. The first kappa shape index (κ1) is 18.5. The van der Waals surface area contributed by atoms with Crippen LogP contribution in [0.5, 0.6) is 0 Å². The topological polar surface area (TPSA) is 128 Å². The zero-order valence-electron chi connectivity index (χ0n) is 15.0. The summed E-state index contributed by atoms with van der Waals surface area (Å²) in [5.74, 6) is 0.200. The first-order valence-corrected chi connectivity index (χ1v) is 8.48. The van der Waals surface area contributed by atoms with Crippen molar-refractivity contribution in [1.29, 1.82) is 0 Å². The van der Waals surface area contributed by atoms with Gasteiger partial charge in [0.25, 0.3) is 5.69 Å². The van der Waals surface area contributed by atoms with Crippen LogP contribution < -0.4 is 11.1 Å². The van der Waals surface area contributed by atoms with E-state index in [1.54, 1.807) is 6.07 Å². The van der Waals surface area contributed by atoms with Crippen molar-refractivity contribution in [3.8, 4) is 0 Å². The Kier molecular flexibility index (Phi) is 5.13. The van der Waals surface area contributed by atoms with Crippen LogP contribution >= 0.6 is 0 Å². The summed E-state index contributed by atoms with van der Waals surface area (Å²) >= 11 is 0. The highest BCUT2D eigenvalue weighted by Crippen LogP contribution is 2.24. The zero-order chi connectivity index (χ0) is 19.6. The van der Waals surface area contributed by atoms with Gasteiger partial charge in [-0.2, -0.15) is 0 Å². The van der Waals surface area contributed by atoms with Gasteiger partial charge in [-0.05, 0) is 24.1 Å². The summed E-state index contributed by atoms with van der Waals surface area (Å²) in [6.45, 7) is 4.30. The molecule has 1 atom stereocenters. The summed E-state index contributed by atoms with van der Waals surface area (Å²) in [5, 5.41) is 23.2. The minimum Gasteiger partial charge on any atom is -0.366 e. The van der Waals surface area contributed by atoms with E-state index in [2.05, 4.69) is 15.5 Å². The molecule has 0 saturated carbocycles. The maximum Gasteiger partial charge on any atom is 0.274 e. The summed E-state index contributed by atoms with van der Waals surface area (Å²) in [7, 11) is 0. The molecule has 1 unspecified atom stereocenters. The third-order valence-electron chi connectivity index (χ3n) is 4.36. The Morgan fingerprint density at radius 3 is 2.74 bits per heavy atom. The van der Waals surface area contributed by atoms with Crippen LogP contribution in [0.25, 0.3) is 5.65 Å². The molecule has 0 aliphatic rings. The first-order chi connectivity index (χ1) is 12.9. The van der Waals surface area contributed by atoms with Gasteiger partial charge in [0.15, 0.2) is 11.5 Å². The predicted molar refractivity (Wildman–Crippen MR) is 99.0 cm³/mol. The number of carbonyl (C=O) groups is 1. The fraction of sp³-hybridized carbons (Fsp3) is 0.278. The molecule has 9 heteroatoms. The molecular formula is C18H20N6O3. The SMILES string of the molecule is CC(C)C(NCc1ccc(C(N)=O)cc1[N+](=O)[O-])c1nnc2ccccn12. The first-order valence-electron chi connectivity index (χ1n) is 8.48. The van der Waals surface area contributed by atoms with E-state index in [1.807, 2.05) is 42.6 Å². The molecule has 3 N–H and O–H groups in total. The number of carbonyl (C=O) groups excluding carboxylic acids is 1. The number of benzene rings is 1. The number of pyridine rings is 1. The Hall–Kier alpha value is -3.33. The van der Waals surface area contributed by atoms with E-state index in [4.69, 9.17) is 5.73 Å². The van der Waals surface area contributed by atoms with E-state index in [0.717, 1.165) is 11.5 Å². The van der Waals surface area contributed by atoms with Gasteiger partial charge in [0.05, 0.1) is 11.0 Å². The lowest BCUT2D eigenvalue weighted by Crippen LogP contribution is -2.27. The molecule has 0 radical (unpaired) electrons. The van der Waals surface area contributed by atoms with Crippen molar-refractivity contribution in [2.75, 3.05) is 0 Å². The highest BCUT2D eigenvalue weighted by atomic mass is 16.6. The minimum atomic E-state index is -0.701. The maximum atomic E-state index is 11.4. The van der Waals surface area contributed by atoms with Crippen LogP contribution in [0, 0.1) is 16.0 Å². The summed E-state index contributed by atoms with van der Waals surface area (Å²) in [6.07, 6.45) is 1.88. The summed E-state index contributed by atoms with van der Waals surface area (Å²) in [4.78, 5) is 22.2. The van der Waals surface area contributed by atoms with Crippen molar-refractivity contribution in [2.45, 2.75) is 26.4 Å². The number of hydrogen-bond acceptors (Lipinski definition) is 6. The molecule has 0 spiro atoms. The van der Waals surface area contributed by atoms with Gasteiger partial charge in [-0.25, -0.2) is 0 Å². The molecule has 140 valence electrons. The van der Waals surface area contributed by atoms with Crippen LogP contribution in [0.4, 0.5) is 5.69 Å². The van der Waals surface area contributed by atoms with Gasteiger partial charge in [-0.15, -0.1) is 10.2 Å². The monoisotopic (exact) mass is 368 g/mol. The number of hydrogen-bond donors (Lipinski definition) is 2. The number of amides is 1. The van der Waals surface area contributed by atoms with Crippen molar-refractivity contribution in [2.24, 2.45) is 11.7 Å². The minimum absolute atomic E-state index is 0.106. The molecular weight excluding hydrogens is 348 g/mol. The third kappa shape index (κ3) is 3.77. The number of nitro groups is 1. The molecule has 0 aliphatic heterocycles. The van der Waals surface area contributed by atoms with Gasteiger partial charge < -0.3 is 11.1 Å². The van der Waals surface area contributed by atoms with Crippen LogP contribution in [0.1, 0.15) is 41.6 Å². The van der Waals surface area contributed by atoms with Gasteiger partial charge in [0, 0.05) is 29.9 Å². The smallest absolute Gasteiger partial charge is 0.274 e. The number of aromatic nitrogens is 3. The Morgan fingerprint density at radius 1 is 1.30 bits per heavy atom. The van der Waals surface area contributed by atoms with E-state index < -0.39 is 10.8 Å². The average molecular weight is 368 g/mol. The van der Waals surface area contributed by atoms with Crippen molar-refractivity contribution in [1.82, 2.24) is 19.9 Å². The highest BCUT2D eigenvalue weighted by molar-refractivity contribution is 5.93. The van der Waals surface area contributed by atoms with Crippen molar-refractivity contribution in [3.05, 3.63) is 69.7 Å². The Bertz CT molecular complexity index is 998. The van der Waals surface area contributed by atoms with E-state index in [-0.39, 0.29) is 29.8 Å². The summed E-state index contributed by atoms with van der Waals surface area (Å²) in [6, 6.07) is 9.71. The molecule has 2 heterocycles. The number of primary amides is 1. The van der Waals surface area contributed by atoms with Gasteiger partial charge in [0.2, 0.25) is 5.91 Å². The number of nitrogens with zero attached hydrogens (tertiary/aromatic N) is 4. The van der Waals surface area contributed by atoms with Crippen LogP contribution in [0.3, 0.4) is 0 Å². The largest absolute Gasteiger partial charge is 0.366 e. The number of nitrogens with two attached hydrogens (primary N) is 1. The van der Waals surface area contributed by atoms with Crippen LogP contribution in [0.15, 0.2) is 42.6 Å². The molecule has 3 aromatic rings. The molecule has 0 bridgehead atoms. The normalized spacial score (nSPS) is 12.4. The molecule has 1 amide bonds. The predicted octanol–water partition coefficient (Wildman–Crippen LogP) is 2.22. The second kappa shape index (κ2) is 7.50. The van der Waals surface area contributed by atoms with Crippen molar-refractivity contribution in [3.63, 3.8) is 0 Å². The molecule has 0 aliphatic carbocycles. The molecule has 9 nitrogen and oxygen atoms in total. The molecule has 1 aromatic carbocycles. The average Bonchev–Trinajstić information content (AvgIpc) is 3.05. The quantitative estimate of drug-likeness (QED) is 0.486. The Balaban J connectivity index is 1.89. The molecule has 0 saturated heterocycles. The zero-order valence-corrected chi connectivity index (χ0v) is 15.0. The van der Waals surface area contributed by atoms with Crippen LogP contribution in [0.2, 0.25) is 0 Å². The lowest BCUT2D eigenvalue weighted by atomic mass is 10.0. The molecule has 0 fully saturated rings. The van der Waals surface area contributed by atoms with E-state index >= 15 is 0 Å². The molecule has 2 aromatic heterocycles. The van der Waals surface area contributed by atoms with Gasteiger partial charge in [0.1, 0.15) is 0 Å². The fourth-order valence-electron chi connectivity index (χ4n) is 2.95. The standard InChI is InChI=1S/C18H20N6O3/c1-11(2)16(18-22-21-15-5-3-4-8-23(15)18)20-10-13-7-6-12(17(19)25)9-14(13)24(26)27/h3-9,11,16,20H,10H2,1-2H3,(H2,19,25). The van der Waals surface area contributed by atoms with E-state index in [9.17, 15) is 14.9 Å². The van der Waals surface area contributed by atoms with Crippen molar-refractivity contribution >= 4 is 17.2 Å². The second-order valence-corrected chi connectivity index (χ2v) is 6.55. The van der Waals surface area contributed by atoms with E-state index in [0.29, 0.717) is 5.56 Å². The van der Waals surface area contributed by atoms with Gasteiger partial charge in [-0.1, -0.05) is 26.0 Å². The lowest BCUT2D eigenvalue weighted by Gasteiger charge is -2.21. The lowest BCUT2D eigenvalue weighted by molar-refractivity contribution is -0.385. The van der Waals surface area contributed by atoms with E-state index in [1.165, 1.54) is 12.1 Å². The molecule has 3 rings (SSSR count). The van der Waals surface area contributed by atoms with Crippen LogP contribution in [-0.2, 0) is 6.54 Å². The maximum absolute atomic E-state index is 11.4. The number of nitro benzene ring substituents is 1. The fourth-order valence-corrected chi connectivity index (χ4v) is 2.95. The highest BCUT2D eigenvalue weighted by Gasteiger charge is 2.23. The number of rotatable bonds is 7. The second-order valence-electron chi connectivity index (χ2n) is 6.55. The Morgan fingerprint density at radius 2 is 2.07 bits per heavy atom. The third-order valence-corrected chi connectivity index (χ3v) is 4.36. The van der Waals surface area contributed by atoms with Crippen molar-refractivity contribution < 1.29 is 9.72 Å². The van der Waals surface area contributed by atoms with Gasteiger partial charge in [-0.3, -0.25) is 19.3 Å². The van der Waals surface area contributed by atoms with Crippen LogP contribution in [-0.4, -0.2) is 25.4 Å². The Labute approximate surface area is 155 Å². The summed E-state index contributed by atoms with van der Waals surface area (Å²) in [5.41, 5.74) is 6.37. The molecule has 27 heavy (non-hydrogen) atoms.